The molecule has 0 aliphatic carbocycles. The molecule has 0 amide bonds. The summed E-state index contributed by atoms with van der Waals surface area (Å²) in [5.41, 5.74) is 0.767. The Morgan fingerprint density at radius 2 is 2.09 bits per heavy atom. The van der Waals surface area contributed by atoms with Crippen molar-refractivity contribution in [2.75, 3.05) is 20.3 Å². The summed E-state index contributed by atoms with van der Waals surface area (Å²) in [5.74, 6) is 0. The smallest absolute Gasteiger partial charge is 0.308 e. The molecular weight excluding hydrogens is 324 g/mol. The average molecular weight is 344 g/mol. The van der Waals surface area contributed by atoms with Crippen LogP contribution in [0.1, 0.15) is 26.3 Å². The van der Waals surface area contributed by atoms with Gasteiger partial charge in [0.2, 0.25) is 10.0 Å². The molecule has 0 atom stereocenters. The van der Waals surface area contributed by atoms with E-state index in [0.717, 1.165) is 16.9 Å². The summed E-state index contributed by atoms with van der Waals surface area (Å²) in [6.07, 6.45) is 0.606. The van der Waals surface area contributed by atoms with Crippen molar-refractivity contribution < 1.29 is 13.2 Å². The number of benzene rings is 1. The van der Waals surface area contributed by atoms with Gasteiger partial charge in [-0.2, -0.15) is 0 Å². The lowest BCUT2D eigenvalue weighted by molar-refractivity contribution is 0.196. The topological polar surface area (TPSA) is 77.4 Å². The molecule has 2 aromatic rings. The van der Waals surface area contributed by atoms with Crippen LogP contribution in [0, 0.1) is 0 Å². The summed E-state index contributed by atoms with van der Waals surface area (Å²) in [5, 5.41) is 0. The zero-order chi connectivity index (χ0) is 16.3. The van der Waals surface area contributed by atoms with Crippen LogP contribution >= 0.6 is 11.3 Å². The first-order chi connectivity index (χ1) is 10.4. The molecule has 122 valence electrons. The van der Waals surface area contributed by atoms with Crippen LogP contribution in [0.4, 0.5) is 0 Å². The second kappa shape index (κ2) is 6.91. The molecule has 8 heteroatoms. The molecule has 6 nitrogen and oxygen atoms in total. The Morgan fingerprint density at radius 1 is 1.36 bits per heavy atom. The lowest BCUT2D eigenvalue weighted by Crippen LogP contribution is -2.25. The first-order valence-electron chi connectivity index (χ1n) is 7.00. The van der Waals surface area contributed by atoms with E-state index in [9.17, 15) is 13.2 Å². The summed E-state index contributed by atoms with van der Waals surface area (Å²) >= 11 is 1.06. The van der Waals surface area contributed by atoms with Crippen molar-refractivity contribution in [2.45, 2.75) is 31.2 Å². The van der Waals surface area contributed by atoms with Crippen molar-refractivity contribution in [3.05, 3.63) is 27.9 Å². The van der Waals surface area contributed by atoms with Gasteiger partial charge in [0.25, 0.3) is 0 Å². The first kappa shape index (κ1) is 17.1. The Hall–Kier alpha value is -1.22. The maximum absolute atomic E-state index is 12.2. The number of sulfonamides is 1. The van der Waals surface area contributed by atoms with E-state index >= 15 is 0 Å². The molecular formula is C14H20N2O4S2. The van der Waals surface area contributed by atoms with Crippen LogP contribution in [0.2, 0.25) is 0 Å². The summed E-state index contributed by atoms with van der Waals surface area (Å²) in [4.78, 5) is 12.1. The lowest BCUT2D eigenvalue weighted by Gasteiger charge is -2.09. The van der Waals surface area contributed by atoms with Gasteiger partial charge in [0.15, 0.2) is 0 Å². The zero-order valence-electron chi connectivity index (χ0n) is 12.8. The number of fused-ring (bicyclic) bond motifs is 1. The van der Waals surface area contributed by atoms with Crippen molar-refractivity contribution >= 4 is 31.6 Å². The number of hydrogen-bond acceptors (Lipinski definition) is 5. The molecule has 0 spiro atoms. The largest absolute Gasteiger partial charge is 0.385 e. The highest BCUT2D eigenvalue weighted by Crippen LogP contribution is 2.23. The molecule has 1 aromatic heterocycles. The number of aromatic nitrogens is 1. The summed E-state index contributed by atoms with van der Waals surface area (Å²) < 4.78 is 34.2. The van der Waals surface area contributed by atoms with Crippen molar-refractivity contribution in [3.8, 4) is 0 Å². The lowest BCUT2D eigenvalue weighted by atomic mass is 10.3. The molecule has 22 heavy (non-hydrogen) atoms. The van der Waals surface area contributed by atoms with E-state index in [1.807, 2.05) is 13.8 Å². The van der Waals surface area contributed by atoms with Gasteiger partial charge in [0.05, 0.1) is 15.1 Å². The van der Waals surface area contributed by atoms with Gasteiger partial charge in [0.1, 0.15) is 0 Å². The van der Waals surface area contributed by atoms with Crippen LogP contribution in [0.25, 0.3) is 10.2 Å². The van der Waals surface area contributed by atoms with Gasteiger partial charge in [-0.25, -0.2) is 13.1 Å². The van der Waals surface area contributed by atoms with E-state index in [0.29, 0.717) is 24.3 Å². The highest BCUT2D eigenvalue weighted by molar-refractivity contribution is 7.89. The monoisotopic (exact) mass is 344 g/mol. The maximum atomic E-state index is 12.2. The molecule has 0 saturated carbocycles. The van der Waals surface area contributed by atoms with Crippen LogP contribution in [-0.4, -0.2) is 33.2 Å². The number of ether oxygens (including phenoxy) is 1. The van der Waals surface area contributed by atoms with Gasteiger partial charge in [-0.15, -0.1) is 0 Å². The van der Waals surface area contributed by atoms with Gasteiger partial charge in [0, 0.05) is 26.3 Å². The molecule has 0 unspecified atom stereocenters. The van der Waals surface area contributed by atoms with E-state index in [1.54, 1.807) is 23.8 Å². The van der Waals surface area contributed by atoms with E-state index in [2.05, 4.69) is 4.72 Å². The van der Waals surface area contributed by atoms with Gasteiger partial charge >= 0.3 is 4.87 Å². The Labute approximate surface area is 133 Å². The third kappa shape index (κ3) is 3.57. The summed E-state index contributed by atoms with van der Waals surface area (Å²) in [7, 11) is -1.99. The number of nitrogens with one attached hydrogen (secondary N) is 1. The predicted octanol–water partition coefficient (Wildman–Crippen LogP) is 1.96. The number of nitrogens with zero attached hydrogens (tertiary/aromatic N) is 1. The van der Waals surface area contributed by atoms with Crippen molar-refractivity contribution in [3.63, 3.8) is 0 Å². The fraction of sp³-hybridized carbons (Fsp3) is 0.500. The molecule has 1 aromatic carbocycles. The Balaban J connectivity index is 2.32. The maximum Gasteiger partial charge on any atom is 0.308 e. The van der Waals surface area contributed by atoms with E-state index in [1.165, 1.54) is 6.07 Å². The second-order valence-electron chi connectivity index (χ2n) is 5.21. The van der Waals surface area contributed by atoms with Crippen molar-refractivity contribution in [1.82, 2.24) is 9.29 Å². The van der Waals surface area contributed by atoms with Gasteiger partial charge in [-0.3, -0.25) is 9.36 Å². The molecule has 0 aliphatic rings. The minimum absolute atomic E-state index is 0.0378. The quantitative estimate of drug-likeness (QED) is 0.779. The van der Waals surface area contributed by atoms with Crippen molar-refractivity contribution in [1.29, 1.82) is 0 Å². The Bertz CT molecular complexity index is 806. The van der Waals surface area contributed by atoms with Gasteiger partial charge in [-0.05, 0) is 38.5 Å². The molecule has 0 radical (unpaired) electrons. The Kier molecular flexibility index (Phi) is 5.38. The first-order valence-corrected chi connectivity index (χ1v) is 9.30. The van der Waals surface area contributed by atoms with E-state index < -0.39 is 10.0 Å². The molecule has 0 saturated heterocycles. The molecule has 0 bridgehead atoms. The zero-order valence-corrected chi connectivity index (χ0v) is 14.5. The average Bonchev–Trinajstić information content (AvgIpc) is 2.78. The van der Waals surface area contributed by atoms with Crippen LogP contribution in [0.3, 0.4) is 0 Å². The number of methoxy groups -OCH3 is 1. The molecule has 1 heterocycles. The normalized spacial score (nSPS) is 12.4. The second-order valence-corrected chi connectivity index (χ2v) is 7.97. The number of hydrogen-bond donors (Lipinski definition) is 1. The molecule has 1 N–H and O–H groups in total. The number of rotatable bonds is 7. The SMILES string of the molecule is COCCCNS(=O)(=O)c1ccc2c(c1)sc(=O)n2C(C)C. The predicted molar refractivity (Wildman–Crippen MR) is 88.2 cm³/mol. The highest BCUT2D eigenvalue weighted by atomic mass is 32.2. The molecule has 2 rings (SSSR count). The minimum Gasteiger partial charge on any atom is -0.385 e. The fourth-order valence-corrected chi connectivity index (χ4v) is 4.41. The van der Waals surface area contributed by atoms with E-state index in [4.69, 9.17) is 4.74 Å². The third-order valence-electron chi connectivity index (χ3n) is 3.23. The Morgan fingerprint density at radius 3 is 2.73 bits per heavy atom. The number of thiazole rings is 1. The highest BCUT2D eigenvalue weighted by Gasteiger charge is 2.17. The van der Waals surface area contributed by atoms with E-state index in [-0.39, 0.29) is 15.8 Å². The molecule has 0 fully saturated rings. The van der Waals surface area contributed by atoms with Crippen molar-refractivity contribution in [2.24, 2.45) is 0 Å². The summed E-state index contributed by atoms with van der Waals surface area (Å²) in [6.45, 7) is 4.67. The van der Waals surface area contributed by atoms with Gasteiger partial charge < -0.3 is 4.74 Å². The van der Waals surface area contributed by atoms with Gasteiger partial charge in [-0.1, -0.05) is 11.3 Å². The van der Waals surface area contributed by atoms with Crippen LogP contribution in [0.5, 0.6) is 0 Å². The third-order valence-corrected chi connectivity index (χ3v) is 5.61. The molecule has 0 aliphatic heterocycles. The van der Waals surface area contributed by atoms with Crippen LogP contribution in [-0.2, 0) is 14.8 Å². The fourth-order valence-electron chi connectivity index (χ4n) is 2.18. The van der Waals surface area contributed by atoms with Crippen LogP contribution in [0.15, 0.2) is 27.9 Å². The minimum atomic E-state index is -3.57. The van der Waals surface area contributed by atoms with Crippen LogP contribution < -0.4 is 9.60 Å². The summed E-state index contributed by atoms with van der Waals surface area (Å²) in [6, 6.07) is 4.82. The standard InChI is InChI=1S/C14H20N2O4S2/c1-10(2)16-12-6-5-11(9-13(12)21-14(16)17)22(18,19)15-7-4-8-20-3/h5-6,9-10,15H,4,7-8H2,1-3H3.